The molecule has 30 heavy (non-hydrogen) atoms. The van der Waals surface area contributed by atoms with Gasteiger partial charge in [0.05, 0.1) is 4.90 Å². The molecule has 2 aliphatic rings. The lowest BCUT2D eigenvalue weighted by molar-refractivity contribution is -0.122. The first-order chi connectivity index (χ1) is 14.4. The van der Waals surface area contributed by atoms with Crippen molar-refractivity contribution in [3.63, 3.8) is 0 Å². The van der Waals surface area contributed by atoms with E-state index in [1.54, 1.807) is 10.4 Å². The molecule has 6 heteroatoms. The minimum absolute atomic E-state index is 0.0338. The average molecular weight is 435 g/mol. The molecule has 1 saturated heterocycles. The first-order valence-electron chi connectivity index (χ1n) is 11.8. The van der Waals surface area contributed by atoms with Gasteiger partial charge in [-0.15, -0.1) is 0 Å². The molecule has 0 radical (unpaired) electrons. The summed E-state index contributed by atoms with van der Waals surface area (Å²) in [5.41, 5.74) is 2.26. The van der Waals surface area contributed by atoms with Crippen LogP contribution in [0.25, 0.3) is 0 Å². The summed E-state index contributed by atoms with van der Waals surface area (Å²) >= 11 is 0. The number of hydrogen-bond acceptors (Lipinski definition) is 3. The molecule has 0 aromatic heterocycles. The molecule has 5 nitrogen and oxygen atoms in total. The maximum Gasteiger partial charge on any atom is 0.243 e. The first kappa shape index (κ1) is 23.3. The van der Waals surface area contributed by atoms with E-state index in [-0.39, 0.29) is 11.8 Å². The standard InChI is InChI=1S/C24H38N2O3S/c1-4-5-11-20-12-7-8-13-21(20)24(27)25-23-18(2)14-15-22(19(23)3)30(28,29)26-16-9-6-10-17-26/h14-15,20-21H,4-13,16-17H2,1-3H3,(H,25,27)/t20-,21+/m0/s1. The lowest BCUT2D eigenvalue weighted by atomic mass is 9.76. The molecular weight excluding hydrogens is 396 g/mol. The zero-order valence-electron chi connectivity index (χ0n) is 18.9. The third-order valence-corrected chi connectivity index (χ3v) is 9.02. The van der Waals surface area contributed by atoms with E-state index in [1.165, 1.54) is 6.42 Å². The van der Waals surface area contributed by atoms with Crippen molar-refractivity contribution in [2.75, 3.05) is 18.4 Å². The Morgan fingerprint density at radius 2 is 1.77 bits per heavy atom. The maximum atomic E-state index is 13.2. The summed E-state index contributed by atoms with van der Waals surface area (Å²) in [7, 11) is -3.53. The normalized spacial score (nSPS) is 23.3. The summed E-state index contributed by atoms with van der Waals surface area (Å²) in [6.45, 7) is 7.13. The Kier molecular flexibility index (Phi) is 7.97. The van der Waals surface area contributed by atoms with Crippen molar-refractivity contribution in [2.45, 2.75) is 89.9 Å². The third-order valence-electron chi connectivity index (χ3n) is 6.98. The lowest BCUT2D eigenvalue weighted by Gasteiger charge is -2.31. The van der Waals surface area contributed by atoms with Gasteiger partial charge in [0.2, 0.25) is 15.9 Å². The largest absolute Gasteiger partial charge is 0.325 e. The fourth-order valence-corrected chi connectivity index (χ4v) is 6.87. The summed E-state index contributed by atoms with van der Waals surface area (Å²) in [6, 6.07) is 3.53. The van der Waals surface area contributed by atoms with E-state index >= 15 is 0 Å². The van der Waals surface area contributed by atoms with Gasteiger partial charge in [-0.1, -0.05) is 45.1 Å². The molecule has 1 heterocycles. The van der Waals surface area contributed by atoms with Crippen molar-refractivity contribution in [1.29, 1.82) is 0 Å². The number of anilines is 1. The van der Waals surface area contributed by atoms with E-state index in [1.807, 2.05) is 19.9 Å². The first-order valence-corrected chi connectivity index (χ1v) is 13.2. The molecule has 168 valence electrons. The van der Waals surface area contributed by atoms with Crippen molar-refractivity contribution >= 4 is 21.6 Å². The summed E-state index contributed by atoms with van der Waals surface area (Å²) in [5.74, 6) is 0.542. The Morgan fingerprint density at radius 1 is 1.07 bits per heavy atom. The molecule has 1 amide bonds. The number of benzene rings is 1. The summed E-state index contributed by atoms with van der Waals surface area (Å²) in [4.78, 5) is 13.6. The van der Waals surface area contributed by atoms with Crippen LogP contribution in [0.15, 0.2) is 17.0 Å². The zero-order valence-corrected chi connectivity index (χ0v) is 19.7. The van der Waals surface area contributed by atoms with Crippen molar-refractivity contribution in [3.05, 3.63) is 23.3 Å². The van der Waals surface area contributed by atoms with Crippen LogP contribution in [-0.2, 0) is 14.8 Å². The highest BCUT2D eigenvalue weighted by Crippen LogP contribution is 2.36. The number of aryl methyl sites for hydroxylation is 1. The SMILES string of the molecule is CCCC[C@H]1CCCC[C@H]1C(=O)Nc1c(C)ccc(S(=O)(=O)N2CCCCC2)c1C. The Morgan fingerprint density at radius 3 is 2.47 bits per heavy atom. The van der Waals surface area contributed by atoms with E-state index in [0.29, 0.717) is 35.2 Å². The molecule has 0 unspecified atom stereocenters. The Balaban J connectivity index is 1.83. The predicted molar refractivity (Wildman–Crippen MR) is 122 cm³/mol. The van der Waals surface area contributed by atoms with E-state index in [9.17, 15) is 13.2 Å². The van der Waals surface area contributed by atoms with Gasteiger partial charge in [0.25, 0.3) is 0 Å². The number of nitrogens with one attached hydrogen (secondary N) is 1. The Labute approximate surface area is 182 Å². The molecule has 1 aliphatic carbocycles. The molecule has 1 saturated carbocycles. The lowest BCUT2D eigenvalue weighted by Crippen LogP contribution is -2.36. The number of piperidine rings is 1. The van der Waals surface area contributed by atoms with Gasteiger partial charge < -0.3 is 5.32 Å². The highest BCUT2D eigenvalue weighted by Gasteiger charge is 2.32. The number of carbonyl (C=O) groups excluding carboxylic acids is 1. The number of carbonyl (C=O) groups is 1. The highest BCUT2D eigenvalue weighted by atomic mass is 32.2. The zero-order chi connectivity index (χ0) is 21.7. The van der Waals surface area contributed by atoms with Gasteiger partial charge in [0.15, 0.2) is 0 Å². The van der Waals surface area contributed by atoms with Crippen LogP contribution in [0.3, 0.4) is 0 Å². The fourth-order valence-electron chi connectivity index (χ4n) is 5.12. The maximum absolute atomic E-state index is 13.2. The van der Waals surface area contributed by atoms with Crippen LogP contribution in [-0.4, -0.2) is 31.7 Å². The number of unbranched alkanes of at least 4 members (excludes halogenated alkanes) is 1. The second kappa shape index (κ2) is 10.3. The van der Waals surface area contributed by atoms with Crippen molar-refractivity contribution in [1.82, 2.24) is 4.31 Å². The van der Waals surface area contributed by atoms with Crippen molar-refractivity contribution in [2.24, 2.45) is 11.8 Å². The van der Waals surface area contributed by atoms with Crippen LogP contribution in [0, 0.1) is 25.7 Å². The van der Waals surface area contributed by atoms with Crippen LogP contribution >= 0.6 is 0 Å². The molecule has 1 aromatic rings. The predicted octanol–water partition coefficient (Wildman–Crippen LogP) is 5.41. The number of amides is 1. The van der Waals surface area contributed by atoms with Crippen molar-refractivity contribution in [3.8, 4) is 0 Å². The molecule has 0 spiro atoms. The minimum atomic E-state index is -3.53. The van der Waals surface area contributed by atoms with Gasteiger partial charge in [-0.2, -0.15) is 4.31 Å². The quantitative estimate of drug-likeness (QED) is 0.624. The van der Waals surface area contributed by atoms with Gasteiger partial charge in [-0.05, 0) is 69.1 Å². The topological polar surface area (TPSA) is 66.5 Å². The van der Waals surface area contributed by atoms with E-state index in [4.69, 9.17) is 0 Å². The second-order valence-corrected chi connectivity index (χ2v) is 11.0. The summed E-state index contributed by atoms with van der Waals surface area (Å²) in [5, 5.41) is 3.15. The number of hydrogen-bond donors (Lipinski definition) is 1. The minimum Gasteiger partial charge on any atom is -0.325 e. The molecule has 2 atom stereocenters. The molecule has 0 bridgehead atoms. The monoisotopic (exact) mass is 434 g/mol. The van der Waals surface area contributed by atoms with Crippen LogP contribution in [0.1, 0.15) is 82.3 Å². The summed E-state index contributed by atoms with van der Waals surface area (Å²) < 4.78 is 28.1. The molecule has 1 aliphatic heterocycles. The molecule has 1 N–H and O–H groups in total. The molecule has 2 fully saturated rings. The highest BCUT2D eigenvalue weighted by molar-refractivity contribution is 7.89. The van der Waals surface area contributed by atoms with Gasteiger partial charge in [-0.3, -0.25) is 4.79 Å². The van der Waals surface area contributed by atoms with Gasteiger partial charge in [0.1, 0.15) is 0 Å². The van der Waals surface area contributed by atoms with Gasteiger partial charge >= 0.3 is 0 Å². The van der Waals surface area contributed by atoms with E-state index < -0.39 is 10.0 Å². The van der Waals surface area contributed by atoms with Crippen LogP contribution in [0.5, 0.6) is 0 Å². The molecular formula is C24H38N2O3S. The summed E-state index contributed by atoms with van der Waals surface area (Å²) in [6.07, 6.45) is 10.7. The fraction of sp³-hybridized carbons (Fsp3) is 0.708. The third kappa shape index (κ3) is 5.08. The van der Waals surface area contributed by atoms with Crippen molar-refractivity contribution < 1.29 is 13.2 Å². The number of rotatable bonds is 7. The number of nitrogens with zero attached hydrogens (tertiary/aromatic N) is 1. The Bertz CT molecular complexity index is 844. The Hall–Kier alpha value is -1.40. The van der Waals surface area contributed by atoms with E-state index in [2.05, 4.69) is 12.2 Å². The molecule has 3 rings (SSSR count). The second-order valence-electron chi connectivity index (χ2n) is 9.13. The average Bonchev–Trinajstić information content (AvgIpc) is 2.75. The van der Waals surface area contributed by atoms with E-state index in [0.717, 1.165) is 63.4 Å². The van der Waals surface area contributed by atoms with Crippen LogP contribution in [0.4, 0.5) is 5.69 Å². The molecule has 1 aromatic carbocycles. The van der Waals surface area contributed by atoms with Crippen LogP contribution in [0.2, 0.25) is 0 Å². The van der Waals surface area contributed by atoms with Crippen LogP contribution < -0.4 is 5.32 Å². The van der Waals surface area contributed by atoms with Gasteiger partial charge in [-0.25, -0.2) is 8.42 Å². The number of sulfonamides is 1. The smallest absolute Gasteiger partial charge is 0.243 e. The van der Waals surface area contributed by atoms with Gasteiger partial charge in [0, 0.05) is 24.7 Å².